The second-order valence-corrected chi connectivity index (χ2v) is 4.51. The predicted molar refractivity (Wildman–Crippen MR) is 74.8 cm³/mol. The Morgan fingerprint density at radius 2 is 1.95 bits per heavy atom. The lowest BCUT2D eigenvalue weighted by Gasteiger charge is -2.03. The molecule has 2 aromatic carbocycles. The molecule has 0 saturated carbocycles. The van der Waals surface area contributed by atoms with Crippen molar-refractivity contribution < 1.29 is 8.91 Å². The van der Waals surface area contributed by atoms with Gasteiger partial charge in [-0.1, -0.05) is 29.4 Å². The first-order valence-corrected chi connectivity index (χ1v) is 6.44. The average molecular weight is 271 g/mol. The minimum Gasteiger partial charge on any atom is -0.339 e. The topological polar surface area (TPSA) is 51.0 Å². The van der Waals surface area contributed by atoms with E-state index in [4.69, 9.17) is 4.52 Å². The van der Waals surface area contributed by atoms with Crippen LogP contribution in [0.3, 0.4) is 0 Å². The molecule has 0 spiro atoms. The molecular formula is C15H14FN3O. The maximum Gasteiger partial charge on any atom is 0.228 e. The quantitative estimate of drug-likeness (QED) is 0.792. The third-order valence-electron chi connectivity index (χ3n) is 3.17. The summed E-state index contributed by atoms with van der Waals surface area (Å²) in [7, 11) is 1.87. The number of fused-ring (bicyclic) bond motifs is 1. The second-order valence-electron chi connectivity index (χ2n) is 4.51. The molecule has 3 rings (SSSR count). The van der Waals surface area contributed by atoms with Crippen LogP contribution in [-0.2, 0) is 6.42 Å². The fourth-order valence-electron chi connectivity index (χ4n) is 2.16. The van der Waals surface area contributed by atoms with Crippen LogP contribution in [0.15, 0.2) is 40.9 Å². The van der Waals surface area contributed by atoms with Crippen molar-refractivity contribution in [2.75, 3.05) is 13.6 Å². The molecule has 0 atom stereocenters. The molecule has 4 nitrogen and oxygen atoms in total. The summed E-state index contributed by atoms with van der Waals surface area (Å²) in [6.07, 6.45) is 0.669. The van der Waals surface area contributed by atoms with E-state index in [1.54, 1.807) is 12.1 Å². The summed E-state index contributed by atoms with van der Waals surface area (Å²) in [5, 5.41) is 8.36. The summed E-state index contributed by atoms with van der Waals surface area (Å²) in [5.74, 6) is 0.818. The van der Waals surface area contributed by atoms with Crippen LogP contribution in [0.1, 0.15) is 5.89 Å². The van der Waals surface area contributed by atoms with Crippen molar-refractivity contribution >= 4 is 10.8 Å². The lowest BCUT2D eigenvalue weighted by Crippen LogP contribution is -2.10. The van der Waals surface area contributed by atoms with Gasteiger partial charge >= 0.3 is 0 Å². The van der Waals surface area contributed by atoms with Crippen molar-refractivity contribution in [2.45, 2.75) is 6.42 Å². The van der Waals surface area contributed by atoms with Gasteiger partial charge in [-0.3, -0.25) is 0 Å². The van der Waals surface area contributed by atoms with E-state index < -0.39 is 0 Å². The zero-order chi connectivity index (χ0) is 13.9. The molecule has 3 aromatic rings. The van der Waals surface area contributed by atoms with Gasteiger partial charge in [0, 0.05) is 23.9 Å². The Morgan fingerprint density at radius 1 is 1.15 bits per heavy atom. The van der Waals surface area contributed by atoms with E-state index in [1.807, 2.05) is 25.2 Å². The van der Waals surface area contributed by atoms with Gasteiger partial charge in [-0.2, -0.15) is 4.98 Å². The Labute approximate surface area is 115 Å². The standard InChI is InChI=1S/C15H14FN3O/c1-17-9-8-14-18-15(19-20-14)12-6-7-13(16)11-5-3-2-4-10(11)12/h2-7,17H,8-9H2,1H3. The number of likely N-dealkylation sites (N-methyl/N-ethyl adjacent to an activating group) is 1. The largest absolute Gasteiger partial charge is 0.339 e. The van der Waals surface area contributed by atoms with E-state index in [0.717, 1.165) is 17.5 Å². The fraction of sp³-hybridized carbons (Fsp3) is 0.200. The van der Waals surface area contributed by atoms with Gasteiger partial charge in [0.25, 0.3) is 0 Å². The molecular weight excluding hydrogens is 257 g/mol. The maximum absolute atomic E-state index is 13.8. The highest BCUT2D eigenvalue weighted by Gasteiger charge is 2.13. The molecule has 0 aliphatic heterocycles. The van der Waals surface area contributed by atoms with Gasteiger partial charge < -0.3 is 9.84 Å². The van der Waals surface area contributed by atoms with Gasteiger partial charge in [0.2, 0.25) is 11.7 Å². The first kappa shape index (κ1) is 12.7. The number of rotatable bonds is 4. The Balaban J connectivity index is 2.06. The Hall–Kier alpha value is -2.27. The zero-order valence-electron chi connectivity index (χ0n) is 11.1. The van der Waals surface area contributed by atoms with Crippen molar-refractivity contribution in [1.29, 1.82) is 0 Å². The summed E-state index contributed by atoms with van der Waals surface area (Å²) in [6, 6.07) is 10.4. The second kappa shape index (κ2) is 5.38. The first-order chi connectivity index (χ1) is 9.79. The predicted octanol–water partition coefficient (Wildman–Crippen LogP) is 2.79. The van der Waals surface area contributed by atoms with Crippen molar-refractivity contribution in [1.82, 2.24) is 15.5 Å². The van der Waals surface area contributed by atoms with E-state index >= 15 is 0 Å². The maximum atomic E-state index is 13.8. The number of nitrogens with zero attached hydrogens (tertiary/aromatic N) is 2. The first-order valence-electron chi connectivity index (χ1n) is 6.44. The van der Waals surface area contributed by atoms with Crippen LogP contribution in [0.4, 0.5) is 4.39 Å². The normalized spacial score (nSPS) is 11.1. The summed E-state index contributed by atoms with van der Waals surface area (Å²) >= 11 is 0. The Kier molecular flexibility index (Phi) is 3.43. The van der Waals surface area contributed by atoms with Gasteiger partial charge in [-0.15, -0.1) is 0 Å². The molecule has 1 heterocycles. The highest BCUT2D eigenvalue weighted by atomic mass is 19.1. The molecule has 0 radical (unpaired) electrons. The van der Waals surface area contributed by atoms with E-state index in [1.165, 1.54) is 6.07 Å². The average Bonchev–Trinajstić information content (AvgIpc) is 2.94. The van der Waals surface area contributed by atoms with Crippen LogP contribution in [0.5, 0.6) is 0 Å². The number of aromatic nitrogens is 2. The summed E-state index contributed by atoms with van der Waals surface area (Å²) < 4.78 is 19.0. The highest BCUT2D eigenvalue weighted by Crippen LogP contribution is 2.28. The molecule has 0 amide bonds. The molecule has 0 unspecified atom stereocenters. The smallest absolute Gasteiger partial charge is 0.228 e. The van der Waals surface area contributed by atoms with E-state index in [0.29, 0.717) is 23.5 Å². The van der Waals surface area contributed by atoms with Crippen molar-refractivity contribution in [3.63, 3.8) is 0 Å². The number of nitrogens with one attached hydrogen (secondary N) is 1. The van der Waals surface area contributed by atoms with Crippen molar-refractivity contribution in [2.24, 2.45) is 0 Å². The fourth-order valence-corrected chi connectivity index (χ4v) is 2.16. The summed E-state index contributed by atoms with van der Waals surface area (Å²) in [5.41, 5.74) is 0.779. The summed E-state index contributed by atoms with van der Waals surface area (Å²) in [4.78, 5) is 4.36. The van der Waals surface area contributed by atoms with Crippen LogP contribution < -0.4 is 5.32 Å². The minimum absolute atomic E-state index is 0.247. The third kappa shape index (κ3) is 2.28. The third-order valence-corrected chi connectivity index (χ3v) is 3.17. The molecule has 0 fully saturated rings. The van der Waals surface area contributed by atoms with E-state index in [-0.39, 0.29) is 5.82 Å². The molecule has 1 aromatic heterocycles. The van der Waals surface area contributed by atoms with Crippen LogP contribution in [0.2, 0.25) is 0 Å². The van der Waals surface area contributed by atoms with E-state index in [9.17, 15) is 4.39 Å². The lowest BCUT2D eigenvalue weighted by molar-refractivity contribution is 0.378. The minimum atomic E-state index is -0.247. The van der Waals surface area contributed by atoms with Gasteiger partial charge in [0.1, 0.15) is 5.82 Å². The molecule has 20 heavy (non-hydrogen) atoms. The van der Waals surface area contributed by atoms with Crippen molar-refractivity contribution in [3.8, 4) is 11.4 Å². The lowest BCUT2D eigenvalue weighted by atomic mass is 10.0. The number of hydrogen-bond acceptors (Lipinski definition) is 4. The number of hydrogen-bond donors (Lipinski definition) is 1. The van der Waals surface area contributed by atoms with Crippen molar-refractivity contribution in [3.05, 3.63) is 48.1 Å². The van der Waals surface area contributed by atoms with E-state index in [2.05, 4.69) is 15.5 Å². The highest BCUT2D eigenvalue weighted by molar-refractivity contribution is 5.95. The number of benzene rings is 2. The monoisotopic (exact) mass is 271 g/mol. The van der Waals surface area contributed by atoms with Gasteiger partial charge in [-0.05, 0) is 24.6 Å². The molecule has 102 valence electrons. The van der Waals surface area contributed by atoms with Gasteiger partial charge in [0.15, 0.2) is 0 Å². The SMILES string of the molecule is CNCCc1nc(-c2ccc(F)c3ccccc23)no1. The molecule has 0 saturated heterocycles. The van der Waals surface area contributed by atoms with Crippen LogP contribution in [0, 0.1) is 5.82 Å². The molecule has 0 bridgehead atoms. The van der Waals surface area contributed by atoms with Gasteiger partial charge in [-0.25, -0.2) is 4.39 Å². The molecule has 0 aliphatic rings. The van der Waals surface area contributed by atoms with Crippen LogP contribution >= 0.6 is 0 Å². The zero-order valence-corrected chi connectivity index (χ0v) is 11.1. The Bertz CT molecular complexity index is 739. The van der Waals surface area contributed by atoms with Crippen LogP contribution in [-0.4, -0.2) is 23.7 Å². The Morgan fingerprint density at radius 3 is 2.75 bits per heavy atom. The summed E-state index contributed by atoms with van der Waals surface area (Å²) in [6.45, 7) is 0.770. The van der Waals surface area contributed by atoms with Gasteiger partial charge in [0.05, 0.1) is 0 Å². The molecule has 5 heteroatoms. The molecule has 0 aliphatic carbocycles. The number of halogens is 1. The van der Waals surface area contributed by atoms with Crippen LogP contribution in [0.25, 0.3) is 22.2 Å². The molecule has 1 N–H and O–H groups in total.